The van der Waals surface area contributed by atoms with Crippen molar-refractivity contribution in [1.29, 1.82) is 0 Å². The van der Waals surface area contributed by atoms with Crippen LogP contribution < -0.4 is 10.6 Å². The van der Waals surface area contributed by atoms with Gasteiger partial charge in [0.25, 0.3) is 0 Å². The largest absolute Gasteiger partial charge is 0.335 e. The van der Waals surface area contributed by atoms with Gasteiger partial charge in [0.2, 0.25) is 0 Å². The van der Waals surface area contributed by atoms with Crippen LogP contribution in [0.3, 0.4) is 0 Å². The summed E-state index contributed by atoms with van der Waals surface area (Å²) in [6.45, 7) is 0. The quantitative estimate of drug-likeness (QED) is 0.619. The predicted molar refractivity (Wildman–Crippen MR) is 121 cm³/mol. The van der Waals surface area contributed by atoms with Gasteiger partial charge >= 0.3 is 6.03 Å². The molecule has 3 aliphatic rings. The topological polar surface area (TPSA) is 59.0 Å². The van der Waals surface area contributed by atoms with E-state index >= 15 is 0 Å². The standard InChI is InChI=1S/C26H27FN4O/c27-22-8-4-7-21-23-15-28-16-31(23)26(24(21)22)13-20(14-26)30-25(32)29-19-11-9-18(10-12-19)17-5-2-1-3-6-17/h1-8,15-16,18-20H,9-14H2,(H2,29,30,32). The van der Waals surface area contributed by atoms with Gasteiger partial charge in [-0.1, -0.05) is 42.5 Å². The Morgan fingerprint density at radius 3 is 2.50 bits per heavy atom. The van der Waals surface area contributed by atoms with Gasteiger partial charge in [-0.2, -0.15) is 0 Å². The van der Waals surface area contributed by atoms with Gasteiger partial charge in [-0.15, -0.1) is 0 Å². The predicted octanol–water partition coefficient (Wildman–Crippen LogP) is 4.93. The number of imidazole rings is 1. The third-order valence-electron chi connectivity index (χ3n) is 7.69. The first-order valence-corrected chi connectivity index (χ1v) is 11.6. The Morgan fingerprint density at radius 1 is 0.969 bits per heavy atom. The van der Waals surface area contributed by atoms with E-state index in [0.717, 1.165) is 42.5 Å². The Bertz CT molecular complexity index is 1140. The van der Waals surface area contributed by atoms with Gasteiger partial charge in [-0.05, 0) is 56.1 Å². The van der Waals surface area contributed by atoms with Crippen LogP contribution in [0.15, 0.2) is 61.1 Å². The molecule has 3 aromatic rings. The first-order valence-electron chi connectivity index (χ1n) is 11.6. The molecule has 6 rings (SSSR count). The molecule has 0 atom stereocenters. The molecule has 0 saturated heterocycles. The molecule has 32 heavy (non-hydrogen) atoms. The molecule has 0 radical (unpaired) electrons. The molecule has 2 amide bonds. The Labute approximate surface area is 187 Å². The molecule has 2 heterocycles. The summed E-state index contributed by atoms with van der Waals surface area (Å²) in [5.41, 5.74) is 3.59. The first-order chi connectivity index (χ1) is 15.6. The fourth-order valence-electron chi connectivity index (χ4n) is 6.13. The number of urea groups is 1. The highest BCUT2D eigenvalue weighted by molar-refractivity contribution is 5.76. The molecule has 0 bridgehead atoms. The number of rotatable bonds is 3. The average Bonchev–Trinajstić information content (AvgIpc) is 3.36. The summed E-state index contributed by atoms with van der Waals surface area (Å²) in [4.78, 5) is 16.9. The van der Waals surface area contributed by atoms with Crippen LogP contribution >= 0.6 is 0 Å². The summed E-state index contributed by atoms with van der Waals surface area (Å²) < 4.78 is 16.9. The number of amides is 2. The van der Waals surface area contributed by atoms with E-state index < -0.39 is 5.54 Å². The lowest BCUT2D eigenvalue weighted by Gasteiger charge is -2.47. The van der Waals surface area contributed by atoms with E-state index in [0.29, 0.717) is 18.8 Å². The number of hydrogen-bond donors (Lipinski definition) is 2. The van der Waals surface area contributed by atoms with Crippen LogP contribution in [-0.4, -0.2) is 27.7 Å². The third-order valence-corrected chi connectivity index (χ3v) is 7.69. The average molecular weight is 431 g/mol. The van der Waals surface area contributed by atoms with Crippen molar-refractivity contribution in [3.63, 3.8) is 0 Å². The minimum atomic E-state index is -0.432. The summed E-state index contributed by atoms with van der Waals surface area (Å²) in [5.74, 6) is 0.412. The van der Waals surface area contributed by atoms with E-state index in [1.165, 1.54) is 11.6 Å². The Balaban J connectivity index is 1.06. The Hall–Kier alpha value is -3.15. The number of carbonyl (C=O) groups is 1. The highest BCUT2D eigenvalue weighted by Gasteiger charge is 2.54. The lowest BCUT2D eigenvalue weighted by molar-refractivity contribution is 0.141. The van der Waals surface area contributed by atoms with Gasteiger partial charge < -0.3 is 15.2 Å². The minimum Gasteiger partial charge on any atom is -0.335 e. The first kappa shape index (κ1) is 19.5. The van der Waals surface area contributed by atoms with Gasteiger partial charge in [-0.3, -0.25) is 0 Å². The van der Waals surface area contributed by atoms with Crippen molar-refractivity contribution in [2.75, 3.05) is 0 Å². The molecular formula is C26H27FN4O. The van der Waals surface area contributed by atoms with Crippen molar-refractivity contribution in [3.8, 4) is 11.3 Å². The maximum Gasteiger partial charge on any atom is 0.315 e. The molecule has 1 aliphatic heterocycles. The molecule has 2 fully saturated rings. The van der Waals surface area contributed by atoms with Crippen LogP contribution in [-0.2, 0) is 5.54 Å². The lowest BCUT2D eigenvalue weighted by Crippen LogP contribution is -2.58. The van der Waals surface area contributed by atoms with Crippen molar-refractivity contribution in [2.45, 2.75) is 62.1 Å². The van der Waals surface area contributed by atoms with Crippen LogP contribution in [0, 0.1) is 5.82 Å². The van der Waals surface area contributed by atoms with Crippen LogP contribution in [0.1, 0.15) is 55.6 Å². The second-order valence-corrected chi connectivity index (χ2v) is 9.53. The van der Waals surface area contributed by atoms with Crippen molar-refractivity contribution < 1.29 is 9.18 Å². The maximum atomic E-state index is 14.8. The summed E-state index contributed by atoms with van der Waals surface area (Å²) in [5, 5.41) is 6.30. The van der Waals surface area contributed by atoms with E-state index in [1.54, 1.807) is 18.6 Å². The van der Waals surface area contributed by atoms with Gasteiger partial charge in [0, 0.05) is 23.2 Å². The smallest absolute Gasteiger partial charge is 0.315 e. The molecule has 0 unspecified atom stereocenters. The van der Waals surface area contributed by atoms with E-state index in [9.17, 15) is 9.18 Å². The molecule has 5 nitrogen and oxygen atoms in total. The normalized spacial score (nSPS) is 28.0. The molecule has 2 N–H and O–H groups in total. The number of benzene rings is 2. The molecule has 1 aromatic heterocycles. The van der Waals surface area contributed by atoms with E-state index in [-0.39, 0.29) is 23.9 Å². The van der Waals surface area contributed by atoms with Crippen LogP contribution in [0.4, 0.5) is 9.18 Å². The van der Waals surface area contributed by atoms with Crippen molar-refractivity contribution >= 4 is 6.03 Å². The van der Waals surface area contributed by atoms with Crippen molar-refractivity contribution in [1.82, 2.24) is 20.2 Å². The minimum absolute atomic E-state index is 0.0245. The second kappa shape index (κ2) is 7.47. The molecule has 6 heteroatoms. The molecule has 2 saturated carbocycles. The Morgan fingerprint density at radius 2 is 1.72 bits per heavy atom. The summed E-state index contributed by atoms with van der Waals surface area (Å²) >= 11 is 0. The zero-order valence-electron chi connectivity index (χ0n) is 17.9. The Kier molecular flexibility index (Phi) is 4.56. The van der Waals surface area contributed by atoms with Gasteiger partial charge in [0.1, 0.15) is 5.82 Å². The molecule has 2 aromatic carbocycles. The summed E-state index contributed by atoms with van der Waals surface area (Å²) in [7, 11) is 0. The van der Waals surface area contributed by atoms with Gasteiger partial charge in [0.15, 0.2) is 0 Å². The molecule has 164 valence electrons. The highest BCUT2D eigenvalue weighted by Crippen LogP contribution is 2.55. The monoisotopic (exact) mass is 430 g/mol. The van der Waals surface area contributed by atoms with Gasteiger partial charge in [0.05, 0.1) is 23.8 Å². The van der Waals surface area contributed by atoms with Gasteiger partial charge in [-0.25, -0.2) is 14.2 Å². The number of carbonyl (C=O) groups excluding carboxylic acids is 1. The molecule has 1 spiro atoms. The number of nitrogens with one attached hydrogen (secondary N) is 2. The highest BCUT2D eigenvalue weighted by atomic mass is 19.1. The van der Waals surface area contributed by atoms with Crippen molar-refractivity contribution in [2.24, 2.45) is 0 Å². The SMILES string of the molecule is O=C(NC1CCC(c2ccccc2)CC1)NC1CC2(C1)c1c(F)cccc1-c1cncn12. The fraction of sp³-hybridized carbons (Fsp3) is 0.385. The lowest BCUT2D eigenvalue weighted by atomic mass is 9.68. The third kappa shape index (κ3) is 3.04. The second-order valence-electron chi connectivity index (χ2n) is 9.53. The summed E-state index contributed by atoms with van der Waals surface area (Å²) in [6.07, 6.45) is 9.14. The van der Waals surface area contributed by atoms with Crippen molar-refractivity contribution in [3.05, 3.63) is 78.0 Å². The van der Waals surface area contributed by atoms with Crippen LogP contribution in [0.2, 0.25) is 0 Å². The zero-order valence-corrected chi connectivity index (χ0v) is 17.9. The number of fused-ring (bicyclic) bond motifs is 5. The van der Waals surface area contributed by atoms with Crippen LogP contribution in [0.5, 0.6) is 0 Å². The molecular weight excluding hydrogens is 403 g/mol. The number of nitrogens with zero attached hydrogens (tertiary/aromatic N) is 2. The fourth-order valence-corrected chi connectivity index (χ4v) is 6.13. The van der Waals surface area contributed by atoms with Crippen LogP contribution in [0.25, 0.3) is 11.3 Å². The number of hydrogen-bond acceptors (Lipinski definition) is 2. The van der Waals surface area contributed by atoms with E-state index in [2.05, 4.69) is 50.5 Å². The number of halogens is 1. The number of aromatic nitrogens is 2. The summed E-state index contributed by atoms with van der Waals surface area (Å²) in [6, 6.07) is 16.0. The van der Waals surface area contributed by atoms with E-state index in [4.69, 9.17) is 0 Å². The molecule has 2 aliphatic carbocycles. The zero-order chi connectivity index (χ0) is 21.7. The maximum absolute atomic E-state index is 14.8. The van der Waals surface area contributed by atoms with E-state index in [1.807, 2.05) is 6.07 Å².